The highest BCUT2D eigenvalue weighted by atomic mass is 35.5. The van der Waals surface area contributed by atoms with Crippen molar-refractivity contribution >= 4 is 57.4 Å². The molecule has 0 saturated carbocycles. The first-order chi connectivity index (χ1) is 18.7. The molecule has 4 aromatic rings. The van der Waals surface area contributed by atoms with Crippen LogP contribution in [0.1, 0.15) is 29.7 Å². The summed E-state index contributed by atoms with van der Waals surface area (Å²) >= 11 is 12.1. The van der Waals surface area contributed by atoms with Gasteiger partial charge >= 0.3 is 0 Å². The standard InChI is InChI=1S/C29H23Cl2N3O5/c1-15(26(36)17-8-10-20(30)21(31)13-17)28(37)33-27-29(38)34(2)22-6-4-3-5-18(22)25(32-27)16-7-9-19-23(35)11-12-39-24(19)14-16/h3-15,26-27,36H,1-2H3,(H,33,37)/t15-,26-,27?/m1/s1. The van der Waals surface area contributed by atoms with E-state index in [0.29, 0.717) is 44.1 Å². The number of para-hydroxylation sites is 1. The SMILES string of the molecule is C[C@@H](C(=O)NC1N=C(c2ccc3c(=O)ccoc3c2)c2ccccc2N(C)C1=O)[C@@H](O)c1ccc(Cl)c(Cl)c1. The first-order valence-electron chi connectivity index (χ1n) is 12.1. The van der Waals surface area contributed by atoms with Gasteiger partial charge in [0.2, 0.25) is 12.1 Å². The van der Waals surface area contributed by atoms with Gasteiger partial charge in [0.1, 0.15) is 5.58 Å². The molecule has 10 heteroatoms. The molecule has 0 saturated heterocycles. The van der Waals surface area contributed by atoms with E-state index in [2.05, 4.69) is 10.3 Å². The fraction of sp³-hybridized carbons (Fsp3) is 0.172. The summed E-state index contributed by atoms with van der Waals surface area (Å²) in [7, 11) is 1.60. The van der Waals surface area contributed by atoms with E-state index in [1.807, 2.05) is 12.1 Å². The van der Waals surface area contributed by atoms with Crippen molar-refractivity contribution in [1.29, 1.82) is 0 Å². The Morgan fingerprint density at radius 1 is 1.05 bits per heavy atom. The second kappa shape index (κ2) is 10.6. The highest BCUT2D eigenvalue weighted by Crippen LogP contribution is 2.30. The molecule has 3 aromatic carbocycles. The van der Waals surface area contributed by atoms with Crippen LogP contribution < -0.4 is 15.6 Å². The number of hydrogen-bond donors (Lipinski definition) is 2. The molecule has 2 amide bonds. The summed E-state index contributed by atoms with van der Waals surface area (Å²) < 4.78 is 5.54. The molecule has 5 rings (SSSR count). The van der Waals surface area contributed by atoms with Gasteiger partial charge in [-0.05, 0) is 35.9 Å². The molecule has 8 nitrogen and oxygen atoms in total. The highest BCUT2D eigenvalue weighted by Gasteiger charge is 2.33. The van der Waals surface area contributed by atoms with Gasteiger partial charge in [-0.15, -0.1) is 0 Å². The molecule has 39 heavy (non-hydrogen) atoms. The summed E-state index contributed by atoms with van der Waals surface area (Å²) in [5, 5.41) is 14.5. The van der Waals surface area contributed by atoms with Crippen LogP contribution in [0.4, 0.5) is 5.69 Å². The number of carbonyl (C=O) groups excluding carboxylic acids is 2. The predicted molar refractivity (Wildman–Crippen MR) is 150 cm³/mol. The number of carbonyl (C=O) groups is 2. The smallest absolute Gasteiger partial charge is 0.272 e. The molecule has 0 fully saturated rings. The van der Waals surface area contributed by atoms with Crippen LogP contribution in [0.3, 0.4) is 0 Å². The normalized spacial score (nSPS) is 16.7. The van der Waals surface area contributed by atoms with Gasteiger partial charge in [-0.25, -0.2) is 4.99 Å². The fourth-order valence-electron chi connectivity index (χ4n) is 4.47. The molecular weight excluding hydrogens is 541 g/mol. The number of nitrogens with one attached hydrogen (secondary N) is 1. The van der Waals surface area contributed by atoms with Crippen LogP contribution in [0.5, 0.6) is 0 Å². The summed E-state index contributed by atoms with van der Waals surface area (Å²) in [6, 6.07) is 18.2. The van der Waals surface area contributed by atoms with Crippen LogP contribution in [-0.2, 0) is 9.59 Å². The third-order valence-electron chi connectivity index (χ3n) is 6.73. The molecule has 1 aromatic heterocycles. The van der Waals surface area contributed by atoms with Crippen LogP contribution in [0, 0.1) is 5.92 Å². The van der Waals surface area contributed by atoms with Crippen molar-refractivity contribution in [2.45, 2.75) is 19.2 Å². The Morgan fingerprint density at radius 3 is 2.59 bits per heavy atom. The zero-order valence-corrected chi connectivity index (χ0v) is 22.4. The molecule has 0 aliphatic carbocycles. The Bertz CT molecular complexity index is 1700. The van der Waals surface area contributed by atoms with Crippen molar-refractivity contribution in [2.24, 2.45) is 10.9 Å². The first kappa shape index (κ1) is 26.6. The highest BCUT2D eigenvalue weighted by molar-refractivity contribution is 6.42. The van der Waals surface area contributed by atoms with Gasteiger partial charge < -0.3 is 19.7 Å². The molecule has 3 atom stereocenters. The van der Waals surface area contributed by atoms with Gasteiger partial charge in [0.05, 0.1) is 45.1 Å². The molecule has 1 unspecified atom stereocenters. The minimum atomic E-state index is -1.29. The van der Waals surface area contributed by atoms with Gasteiger partial charge in [-0.3, -0.25) is 14.4 Å². The van der Waals surface area contributed by atoms with E-state index in [1.165, 1.54) is 36.3 Å². The Labute approximate surface area is 233 Å². The summed E-state index contributed by atoms with van der Waals surface area (Å²) in [5.74, 6) is -1.99. The predicted octanol–water partition coefficient (Wildman–Crippen LogP) is 4.73. The minimum Gasteiger partial charge on any atom is -0.464 e. The average Bonchev–Trinajstić information content (AvgIpc) is 3.04. The van der Waals surface area contributed by atoms with Gasteiger partial charge in [0.25, 0.3) is 5.91 Å². The maximum absolute atomic E-state index is 13.5. The zero-order valence-electron chi connectivity index (χ0n) is 20.9. The van der Waals surface area contributed by atoms with Crippen molar-refractivity contribution in [2.75, 3.05) is 11.9 Å². The molecule has 0 radical (unpaired) electrons. The summed E-state index contributed by atoms with van der Waals surface area (Å²) in [6.45, 7) is 1.54. The quantitative estimate of drug-likeness (QED) is 0.364. The van der Waals surface area contributed by atoms with Crippen molar-refractivity contribution in [1.82, 2.24) is 5.32 Å². The second-order valence-corrected chi connectivity index (χ2v) is 10.0. The Kier molecular flexibility index (Phi) is 7.27. The van der Waals surface area contributed by atoms with Crippen molar-refractivity contribution in [3.63, 3.8) is 0 Å². The molecule has 1 aliphatic rings. The number of hydrogen-bond acceptors (Lipinski definition) is 6. The lowest BCUT2D eigenvalue weighted by Crippen LogP contribution is -2.48. The lowest BCUT2D eigenvalue weighted by Gasteiger charge is -2.23. The second-order valence-electron chi connectivity index (χ2n) is 9.21. The Hall–Kier alpha value is -3.98. The van der Waals surface area contributed by atoms with E-state index < -0.39 is 30.0 Å². The molecular formula is C29H23Cl2N3O5. The lowest BCUT2D eigenvalue weighted by atomic mass is 9.96. The molecule has 1 aliphatic heterocycles. The van der Waals surface area contributed by atoms with Crippen LogP contribution in [0.25, 0.3) is 11.0 Å². The van der Waals surface area contributed by atoms with Gasteiger partial charge in [-0.1, -0.05) is 60.5 Å². The number of nitrogens with zero attached hydrogens (tertiary/aromatic N) is 2. The number of benzodiazepines with no additional fused rings is 1. The lowest BCUT2D eigenvalue weighted by molar-refractivity contribution is -0.132. The average molecular weight is 564 g/mol. The molecule has 198 valence electrons. The number of aliphatic hydroxyl groups is 1. The third kappa shape index (κ3) is 5.06. The van der Waals surface area contributed by atoms with Crippen LogP contribution in [0.15, 0.2) is 87.2 Å². The van der Waals surface area contributed by atoms with E-state index in [4.69, 9.17) is 27.6 Å². The number of halogens is 2. The third-order valence-corrected chi connectivity index (χ3v) is 7.47. The van der Waals surface area contributed by atoms with E-state index >= 15 is 0 Å². The van der Waals surface area contributed by atoms with Crippen LogP contribution in [-0.4, -0.2) is 35.8 Å². The largest absolute Gasteiger partial charge is 0.464 e. The number of benzene rings is 3. The van der Waals surface area contributed by atoms with Crippen LogP contribution >= 0.6 is 23.2 Å². The summed E-state index contributed by atoms with van der Waals surface area (Å²) in [6.07, 6.45) is -1.17. The van der Waals surface area contributed by atoms with E-state index in [1.54, 1.807) is 43.4 Å². The monoisotopic (exact) mass is 563 g/mol. The maximum atomic E-state index is 13.5. The van der Waals surface area contributed by atoms with E-state index in [-0.39, 0.29) is 10.5 Å². The minimum absolute atomic E-state index is 0.180. The van der Waals surface area contributed by atoms with Crippen LogP contribution in [0.2, 0.25) is 10.0 Å². The first-order valence-corrected chi connectivity index (χ1v) is 12.8. The summed E-state index contributed by atoms with van der Waals surface area (Å²) in [4.78, 5) is 45.0. The number of amides is 2. The molecule has 0 spiro atoms. The van der Waals surface area contributed by atoms with Crippen molar-refractivity contribution in [3.8, 4) is 0 Å². The van der Waals surface area contributed by atoms with E-state index in [0.717, 1.165) is 0 Å². The molecule has 2 heterocycles. The van der Waals surface area contributed by atoms with E-state index in [9.17, 15) is 19.5 Å². The Morgan fingerprint density at radius 2 is 1.82 bits per heavy atom. The number of aliphatic imine (C=N–C) groups is 1. The topological polar surface area (TPSA) is 112 Å². The Balaban J connectivity index is 1.52. The summed E-state index contributed by atoms with van der Waals surface area (Å²) in [5.41, 5.74) is 2.87. The van der Waals surface area contributed by atoms with Gasteiger partial charge in [-0.2, -0.15) is 0 Å². The zero-order chi connectivity index (χ0) is 27.8. The fourth-order valence-corrected chi connectivity index (χ4v) is 4.78. The number of fused-ring (bicyclic) bond motifs is 2. The molecule has 0 bridgehead atoms. The number of rotatable bonds is 5. The number of anilines is 1. The number of aliphatic hydroxyl groups excluding tert-OH is 1. The van der Waals surface area contributed by atoms with Crippen molar-refractivity contribution < 1.29 is 19.1 Å². The maximum Gasteiger partial charge on any atom is 0.272 e. The van der Waals surface area contributed by atoms with Gasteiger partial charge in [0.15, 0.2) is 5.43 Å². The van der Waals surface area contributed by atoms with Gasteiger partial charge in [0, 0.05) is 24.2 Å². The molecule has 2 N–H and O–H groups in total. The number of likely N-dealkylation sites (N-methyl/N-ethyl adjacent to an activating group) is 1. The van der Waals surface area contributed by atoms with Crippen molar-refractivity contribution in [3.05, 3.63) is 110 Å².